The summed E-state index contributed by atoms with van der Waals surface area (Å²) in [6.45, 7) is 7.67. The van der Waals surface area contributed by atoms with Crippen LogP contribution in [0.4, 0.5) is 5.69 Å². The Balaban J connectivity index is 1.96. The van der Waals surface area contributed by atoms with Gasteiger partial charge in [0.15, 0.2) is 5.11 Å². The molecule has 0 aliphatic carbocycles. The Hall–Kier alpha value is -1.59. The molecule has 1 heterocycles. The van der Waals surface area contributed by atoms with Crippen molar-refractivity contribution in [3.63, 3.8) is 0 Å². The summed E-state index contributed by atoms with van der Waals surface area (Å²) in [6, 6.07) is 5.69. The number of hydrogen-bond acceptors (Lipinski definition) is 2. The largest absolute Gasteiger partial charge is 0.358 e. The van der Waals surface area contributed by atoms with E-state index in [4.69, 9.17) is 23.8 Å². The SMILES string of the molecule is CCn1ncc(CNC(=S)Nc2cc(Cl)ccc2C)c1C. The second-order valence-electron chi connectivity index (χ2n) is 4.84. The summed E-state index contributed by atoms with van der Waals surface area (Å²) in [5, 5.41) is 11.9. The maximum atomic E-state index is 6.00. The lowest BCUT2D eigenvalue weighted by Crippen LogP contribution is -2.28. The minimum absolute atomic E-state index is 0.573. The fraction of sp³-hybridized carbons (Fsp3) is 0.333. The topological polar surface area (TPSA) is 41.9 Å². The van der Waals surface area contributed by atoms with E-state index in [1.165, 1.54) is 0 Å². The molecule has 1 aromatic carbocycles. The summed E-state index contributed by atoms with van der Waals surface area (Å²) in [4.78, 5) is 0. The van der Waals surface area contributed by atoms with Crippen molar-refractivity contribution in [3.05, 3.63) is 46.2 Å². The molecule has 0 bridgehead atoms. The monoisotopic (exact) mass is 322 g/mol. The number of anilines is 1. The third-order valence-corrected chi connectivity index (χ3v) is 3.87. The molecule has 0 saturated carbocycles. The van der Waals surface area contributed by atoms with Crippen LogP contribution in [0.15, 0.2) is 24.4 Å². The van der Waals surface area contributed by atoms with Crippen LogP contribution in [0.2, 0.25) is 5.02 Å². The molecule has 1 aromatic heterocycles. The average Bonchev–Trinajstić information content (AvgIpc) is 2.81. The van der Waals surface area contributed by atoms with Crippen molar-refractivity contribution in [2.75, 3.05) is 5.32 Å². The van der Waals surface area contributed by atoms with Crippen LogP contribution >= 0.6 is 23.8 Å². The molecule has 0 radical (unpaired) electrons. The van der Waals surface area contributed by atoms with Crippen LogP contribution in [-0.2, 0) is 13.1 Å². The summed E-state index contributed by atoms with van der Waals surface area (Å²) in [5.74, 6) is 0. The number of nitrogens with zero attached hydrogens (tertiary/aromatic N) is 2. The molecule has 0 saturated heterocycles. The minimum atomic E-state index is 0.573. The second-order valence-corrected chi connectivity index (χ2v) is 5.68. The summed E-state index contributed by atoms with van der Waals surface area (Å²) >= 11 is 11.3. The molecule has 0 spiro atoms. The second kappa shape index (κ2) is 6.91. The van der Waals surface area contributed by atoms with E-state index in [9.17, 15) is 0 Å². The highest BCUT2D eigenvalue weighted by Gasteiger charge is 2.06. The highest BCUT2D eigenvalue weighted by Crippen LogP contribution is 2.20. The molecule has 0 aliphatic heterocycles. The van der Waals surface area contributed by atoms with Gasteiger partial charge in [-0.2, -0.15) is 5.10 Å². The Morgan fingerprint density at radius 1 is 1.38 bits per heavy atom. The van der Waals surface area contributed by atoms with Crippen molar-refractivity contribution in [1.82, 2.24) is 15.1 Å². The quantitative estimate of drug-likeness (QED) is 0.843. The maximum Gasteiger partial charge on any atom is 0.171 e. The van der Waals surface area contributed by atoms with E-state index in [2.05, 4.69) is 29.6 Å². The molecule has 0 fully saturated rings. The Labute approximate surface area is 135 Å². The molecule has 0 amide bonds. The Bertz CT molecular complexity index is 651. The number of thiocarbonyl (C=S) groups is 1. The first-order valence-corrected chi connectivity index (χ1v) is 7.62. The van der Waals surface area contributed by atoms with E-state index in [0.717, 1.165) is 29.1 Å². The molecule has 0 unspecified atom stereocenters. The van der Waals surface area contributed by atoms with Crippen LogP contribution in [0.3, 0.4) is 0 Å². The zero-order valence-electron chi connectivity index (χ0n) is 12.4. The van der Waals surface area contributed by atoms with Gasteiger partial charge < -0.3 is 10.6 Å². The van der Waals surface area contributed by atoms with Crippen LogP contribution in [-0.4, -0.2) is 14.9 Å². The van der Waals surface area contributed by atoms with Crippen LogP contribution in [0.5, 0.6) is 0 Å². The van der Waals surface area contributed by atoms with Gasteiger partial charge in [0, 0.05) is 35.1 Å². The van der Waals surface area contributed by atoms with Crippen molar-refractivity contribution >= 4 is 34.6 Å². The molecule has 21 heavy (non-hydrogen) atoms. The van der Waals surface area contributed by atoms with Gasteiger partial charge in [0.1, 0.15) is 0 Å². The van der Waals surface area contributed by atoms with Crippen LogP contribution in [0.1, 0.15) is 23.7 Å². The van der Waals surface area contributed by atoms with E-state index >= 15 is 0 Å². The molecule has 0 aliphatic rings. The zero-order valence-corrected chi connectivity index (χ0v) is 14.0. The molecule has 2 aromatic rings. The average molecular weight is 323 g/mol. The van der Waals surface area contributed by atoms with Gasteiger partial charge in [-0.3, -0.25) is 4.68 Å². The smallest absolute Gasteiger partial charge is 0.171 e. The third-order valence-electron chi connectivity index (χ3n) is 3.39. The summed E-state index contributed by atoms with van der Waals surface area (Å²) in [7, 11) is 0. The minimum Gasteiger partial charge on any atom is -0.358 e. The van der Waals surface area contributed by atoms with Crippen molar-refractivity contribution in [3.8, 4) is 0 Å². The fourth-order valence-corrected chi connectivity index (χ4v) is 2.40. The van der Waals surface area contributed by atoms with Crippen LogP contribution in [0, 0.1) is 13.8 Å². The van der Waals surface area contributed by atoms with Crippen molar-refractivity contribution in [1.29, 1.82) is 0 Å². The van der Waals surface area contributed by atoms with Crippen LogP contribution < -0.4 is 10.6 Å². The third kappa shape index (κ3) is 3.95. The lowest BCUT2D eigenvalue weighted by molar-refractivity contribution is 0.638. The predicted octanol–water partition coefficient (Wildman–Crippen LogP) is 3.66. The molecule has 6 heteroatoms. The number of benzene rings is 1. The fourth-order valence-electron chi connectivity index (χ4n) is 2.05. The number of hydrogen-bond donors (Lipinski definition) is 2. The molecule has 0 atom stereocenters. The summed E-state index contributed by atoms with van der Waals surface area (Å²) < 4.78 is 1.97. The van der Waals surface area contributed by atoms with Gasteiger partial charge in [-0.15, -0.1) is 0 Å². The molecule has 2 rings (SSSR count). The zero-order chi connectivity index (χ0) is 15.4. The van der Waals surface area contributed by atoms with Crippen LogP contribution in [0.25, 0.3) is 0 Å². The first-order valence-electron chi connectivity index (χ1n) is 6.83. The van der Waals surface area contributed by atoms with E-state index in [-0.39, 0.29) is 0 Å². The van der Waals surface area contributed by atoms with E-state index in [1.54, 1.807) is 0 Å². The maximum absolute atomic E-state index is 6.00. The van der Waals surface area contributed by atoms with Crippen molar-refractivity contribution in [2.24, 2.45) is 0 Å². The summed E-state index contributed by atoms with van der Waals surface area (Å²) in [5.41, 5.74) is 4.31. The van der Waals surface area contributed by atoms with Gasteiger partial charge in [-0.05, 0) is 50.7 Å². The lowest BCUT2D eigenvalue weighted by Gasteiger charge is -2.12. The number of aryl methyl sites for hydroxylation is 2. The number of halogens is 1. The van der Waals surface area contributed by atoms with E-state index in [0.29, 0.717) is 16.7 Å². The molecular formula is C15H19ClN4S. The number of nitrogens with one attached hydrogen (secondary N) is 2. The number of rotatable bonds is 4. The normalized spacial score (nSPS) is 10.5. The first kappa shape index (κ1) is 15.8. The van der Waals surface area contributed by atoms with E-state index < -0.39 is 0 Å². The van der Waals surface area contributed by atoms with Crippen molar-refractivity contribution < 1.29 is 0 Å². The first-order chi connectivity index (χ1) is 10.0. The van der Waals surface area contributed by atoms with Gasteiger partial charge in [-0.25, -0.2) is 0 Å². The predicted molar refractivity (Wildman–Crippen MR) is 91.9 cm³/mol. The van der Waals surface area contributed by atoms with Gasteiger partial charge >= 0.3 is 0 Å². The van der Waals surface area contributed by atoms with Gasteiger partial charge in [0.2, 0.25) is 0 Å². The van der Waals surface area contributed by atoms with Gasteiger partial charge in [0.25, 0.3) is 0 Å². The van der Waals surface area contributed by atoms with Crippen molar-refractivity contribution in [2.45, 2.75) is 33.9 Å². The van der Waals surface area contributed by atoms with Gasteiger partial charge in [0.05, 0.1) is 6.20 Å². The van der Waals surface area contributed by atoms with Gasteiger partial charge in [-0.1, -0.05) is 17.7 Å². The van der Waals surface area contributed by atoms with E-state index in [1.807, 2.05) is 36.0 Å². The summed E-state index contributed by atoms with van der Waals surface area (Å²) in [6.07, 6.45) is 1.87. The molecule has 4 nitrogen and oxygen atoms in total. The standard InChI is InChI=1S/C15H19ClN4S/c1-4-20-11(3)12(9-18-20)8-17-15(21)19-14-7-13(16)6-5-10(14)2/h5-7,9H,4,8H2,1-3H3,(H2,17,19,21). The Morgan fingerprint density at radius 2 is 2.14 bits per heavy atom. The Kier molecular flexibility index (Phi) is 5.20. The highest BCUT2D eigenvalue weighted by atomic mass is 35.5. The molecular weight excluding hydrogens is 304 g/mol. The molecule has 112 valence electrons. The highest BCUT2D eigenvalue weighted by molar-refractivity contribution is 7.80. The number of aromatic nitrogens is 2. The Morgan fingerprint density at radius 3 is 2.81 bits per heavy atom. The molecule has 2 N–H and O–H groups in total. The lowest BCUT2D eigenvalue weighted by atomic mass is 10.2.